The van der Waals surface area contributed by atoms with Crippen LogP contribution in [0.3, 0.4) is 0 Å². The Balaban J connectivity index is 1.50. The zero-order chi connectivity index (χ0) is 19.3. The molecule has 28 heavy (non-hydrogen) atoms. The van der Waals surface area contributed by atoms with Crippen LogP contribution in [0.5, 0.6) is 0 Å². The molecule has 5 nitrogen and oxygen atoms in total. The molecule has 1 aliphatic heterocycles. The van der Waals surface area contributed by atoms with Crippen molar-refractivity contribution in [3.8, 4) is 0 Å². The second-order valence-electron chi connectivity index (χ2n) is 7.00. The lowest BCUT2D eigenvalue weighted by Gasteiger charge is -2.39. The van der Waals surface area contributed by atoms with Crippen LogP contribution >= 0.6 is 0 Å². The molecule has 1 saturated heterocycles. The number of aromatic nitrogens is 1. The van der Waals surface area contributed by atoms with E-state index in [0.717, 1.165) is 19.4 Å². The largest absolute Gasteiger partial charge is 0.348 e. The monoisotopic (exact) mass is 373 g/mol. The van der Waals surface area contributed by atoms with Crippen LogP contribution in [0.15, 0.2) is 72.8 Å². The van der Waals surface area contributed by atoms with E-state index in [1.807, 2.05) is 17.0 Å². The van der Waals surface area contributed by atoms with Crippen molar-refractivity contribution >= 4 is 12.2 Å². The van der Waals surface area contributed by atoms with Crippen LogP contribution in [0, 0.1) is 0 Å². The Hall–Kier alpha value is -3.18. The summed E-state index contributed by atoms with van der Waals surface area (Å²) >= 11 is 0. The van der Waals surface area contributed by atoms with Gasteiger partial charge in [0.1, 0.15) is 5.69 Å². The first-order chi connectivity index (χ1) is 13.8. The summed E-state index contributed by atoms with van der Waals surface area (Å²) in [4.78, 5) is 30.7. The van der Waals surface area contributed by atoms with Crippen molar-refractivity contribution in [3.05, 3.63) is 95.3 Å². The van der Waals surface area contributed by atoms with E-state index in [4.69, 9.17) is 0 Å². The molecule has 0 aliphatic carbocycles. The first-order valence-electron chi connectivity index (χ1n) is 9.53. The molecule has 5 heteroatoms. The number of aldehydes is 1. The molecule has 3 aromatic rings. The fourth-order valence-electron chi connectivity index (χ4n) is 3.84. The van der Waals surface area contributed by atoms with Gasteiger partial charge in [0, 0.05) is 26.2 Å². The molecule has 1 aromatic heterocycles. The maximum absolute atomic E-state index is 12.7. The summed E-state index contributed by atoms with van der Waals surface area (Å²) < 4.78 is 0. The maximum atomic E-state index is 12.7. The Labute approximate surface area is 164 Å². The second-order valence-corrected chi connectivity index (χ2v) is 7.00. The third-order valence-corrected chi connectivity index (χ3v) is 5.26. The van der Waals surface area contributed by atoms with Gasteiger partial charge < -0.3 is 9.88 Å². The van der Waals surface area contributed by atoms with E-state index in [1.165, 1.54) is 11.1 Å². The predicted octanol–water partition coefficient (Wildman–Crippen LogP) is 3.37. The van der Waals surface area contributed by atoms with Gasteiger partial charge in [-0.1, -0.05) is 60.7 Å². The van der Waals surface area contributed by atoms with Crippen molar-refractivity contribution in [1.29, 1.82) is 0 Å². The van der Waals surface area contributed by atoms with Crippen molar-refractivity contribution in [1.82, 2.24) is 14.8 Å². The highest BCUT2D eigenvalue weighted by atomic mass is 16.2. The summed E-state index contributed by atoms with van der Waals surface area (Å²) in [5, 5.41) is 0. The van der Waals surface area contributed by atoms with Gasteiger partial charge >= 0.3 is 0 Å². The smallest absolute Gasteiger partial charge is 0.270 e. The van der Waals surface area contributed by atoms with Crippen LogP contribution in [-0.2, 0) is 0 Å². The number of H-pyrrole nitrogens is 1. The van der Waals surface area contributed by atoms with Gasteiger partial charge in [0.2, 0.25) is 0 Å². The van der Waals surface area contributed by atoms with Gasteiger partial charge in [-0.25, -0.2) is 0 Å². The summed E-state index contributed by atoms with van der Waals surface area (Å²) in [7, 11) is 0. The number of rotatable bonds is 5. The minimum Gasteiger partial charge on any atom is -0.348 e. The Morgan fingerprint density at radius 1 is 0.821 bits per heavy atom. The minimum absolute atomic E-state index is 0.0521. The number of piperazine rings is 1. The highest BCUT2D eigenvalue weighted by molar-refractivity contribution is 5.93. The lowest BCUT2D eigenvalue weighted by Crippen LogP contribution is -2.50. The van der Waals surface area contributed by atoms with Crippen LogP contribution in [0.1, 0.15) is 38.1 Å². The molecule has 4 rings (SSSR count). The summed E-state index contributed by atoms with van der Waals surface area (Å²) in [5.41, 5.74) is 3.41. The first-order valence-corrected chi connectivity index (χ1v) is 9.53. The van der Waals surface area contributed by atoms with Crippen LogP contribution in [-0.4, -0.2) is 53.2 Å². The highest BCUT2D eigenvalue weighted by Gasteiger charge is 2.28. The number of nitrogens with one attached hydrogen (secondary N) is 1. The van der Waals surface area contributed by atoms with Gasteiger partial charge in [-0.05, 0) is 23.3 Å². The number of amides is 1. The number of hydrogen-bond acceptors (Lipinski definition) is 3. The standard InChI is InChI=1S/C23H23N3O2/c27-17-20-11-12-21(24-20)23(28)26-15-13-25(14-16-26)22(18-7-3-1-4-8-18)19-9-5-2-6-10-19/h1-12,17,22,24H,13-16H2. The average Bonchev–Trinajstić information content (AvgIpc) is 3.25. The van der Waals surface area contributed by atoms with E-state index in [1.54, 1.807) is 12.1 Å². The van der Waals surface area contributed by atoms with E-state index in [2.05, 4.69) is 58.4 Å². The minimum atomic E-state index is -0.0521. The molecule has 1 amide bonds. The summed E-state index contributed by atoms with van der Waals surface area (Å²) in [6.45, 7) is 2.90. The average molecular weight is 373 g/mol. The fourth-order valence-corrected chi connectivity index (χ4v) is 3.84. The van der Waals surface area contributed by atoms with Gasteiger partial charge in [0.25, 0.3) is 5.91 Å². The topological polar surface area (TPSA) is 56.4 Å². The van der Waals surface area contributed by atoms with Crippen molar-refractivity contribution in [3.63, 3.8) is 0 Å². The molecular weight excluding hydrogens is 350 g/mol. The van der Waals surface area contributed by atoms with E-state index in [-0.39, 0.29) is 11.9 Å². The number of aromatic amines is 1. The maximum Gasteiger partial charge on any atom is 0.270 e. The van der Waals surface area contributed by atoms with Crippen LogP contribution < -0.4 is 0 Å². The third-order valence-electron chi connectivity index (χ3n) is 5.26. The molecule has 0 unspecified atom stereocenters. The molecule has 0 atom stereocenters. The second kappa shape index (κ2) is 8.23. The van der Waals surface area contributed by atoms with Crippen LogP contribution in [0.4, 0.5) is 0 Å². The van der Waals surface area contributed by atoms with E-state index in [9.17, 15) is 9.59 Å². The fraction of sp³-hybridized carbons (Fsp3) is 0.217. The van der Waals surface area contributed by atoms with Crippen LogP contribution in [0.25, 0.3) is 0 Å². The van der Waals surface area contributed by atoms with Gasteiger partial charge in [0.15, 0.2) is 6.29 Å². The normalized spacial score (nSPS) is 15.0. The molecule has 1 N–H and O–H groups in total. The number of nitrogens with zero attached hydrogens (tertiary/aromatic N) is 2. The quantitative estimate of drug-likeness (QED) is 0.698. The summed E-state index contributed by atoms with van der Waals surface area (Å²) in [6.07, 6.45) is 0.721. The summed E-state index contributed by atoms with van der Waals surface area (Å²) in [6, 6.07) is 24.5. The van der Waals surface area contributed by atoms with Crippen molar-refractivity contribution in [2.45, 2.75) is 6.04 Å². The molecule has 0 spiro atoms. The number of benzene rings is 2. The Morgan fingerprint density at radius 2 is 1.39 bits per heavy atom. The van der Waals surface area contributed by atoms with Gasteiger partial charge in [-0.2, -0.15) is 0 Å². The third kappa shape index (κ3) is 3.75. The van der Waals surface area contributed by atoms with Gasteiger partial charge in [0.05, 0.1) is 11.7 Å². The van der Waals surface area contributed by atoms with Crippen molar-refractivity contribution in [2.75, 3.05) is 26.2 Å². The number of carbonyl (C=O) groups excluding carboxylic acids is 2. The van der Waals surface area contributed by atoms with Gasteiger partial charge in [-0.15, -0.1) is 0 Å². The predicted molar refractivity (Wildman–Crippen MR) is 108 cm³/mol. The Bertz CT molecular complexity index is 889. The van der Waals surface area contributed by atoms with E-state index in [0.29, 0.717) is 24.5 Å². The molecular formula is C23H23N3O2. The molecule has 2 aromatic carbocycles. The van der Waals surface area contributed by atoms with Crippen LogP contribution in [0.2, 0.25) is 0 Å². The number of carbonyl (C=O) groups is 2. The zero-order valence-corrected chi connectivity index (χ0v) is 15.6. The van der Waals surface area contributed by atoms with E-state index < -0.39 is 0 Å². The molecule has 0 radical (unpaired) electrons. The van der Waals surface area contributed by atoms with Crippen molar-refractivity contribution in [2.24, 2.45) is 0 Å². The molecule has 0 bridgehead atoms. The first kappa shape index (κ1) is 18.2. The Kier molecular flexibility index (Phi) is 5.35. The molecule has 2 heterocycles. The van der Waals surface area contributed by atoms with Crippen molar-refractivity contribution < 1.29 is 9.59 Å². The highest BCUT2D eigenvalue weighted by Crippen LogP contribution is 2.29. The molecule has 1 fully saturated rings. The van der Waals surface area contributed by atoms with Gasteiger partial charge in [-0.3, -0.25) is 14.5 Å². The molecule has 1 aliphatic rings. The van der Waals surface area contributed by atoms with E-state index >= 15 is 0 Å². The lowest BCUT2D eigenvalue weighted by atomic mass is 9.96. The lowest BCUT2D eigenvalue weighted by molar-refractivity contribution is 0.0592. The Morgan fingerprint density at radius 3 is 1.89 bits per heavy atom. The SMILES string of the molecule is O=Cc1ccc(C(=O)N2CCN(C(c3ccccc3)c3ccccc3)CC2)[nH]1. The number of hydrogen-bond donors (Lipinski definition) is 1. The summed E-state index contributed by atoms with van der Waals surface area (Å²) in [5.74, 6) is -0.0521. The molecule has 142 valence electrons. The zero-order valence-electron chi connectivity index (χ0n) is 15.6. The molecule has 0 saturated carbocycles.